The van der Waals surface area contributed by atoms with Gasteiger partial charge in [-0.05, 0) is 41.8 Å². The summed E-state index contributed by atoms with van der Waals surface area (Å²) in [5.74, 6) is 1.45. The number of hydrogen-bond donors (Lipinski definition) is 1. The summed E-state index contributed by atoms with van der Waals surface area (Å²) in [6.07, 6.45) is 0.191. The molecule has 2 aromatic rings. The lowest BCUT2D eigenvalue weighted by Crippen LogP contribution is -2.01. The molecule has 1 unspecified atom stereocenters. The van der Waals surface area contributed by atoms with Crippen LogP contribution in [0.5, 0.6) is 11.5 Å². The molecule has 3 nitrogen and oxygen atoms in total. The van der Waals surface area contributed by atoms with Gasteiger partial charge in [-0.15, -0.1) is 0 Å². The first-order valence-corrected chi connectivity index (χ1v) is 7.78. The summed E-state index contributed by atoms with van der Waals surface area (Å²) in [6.45, 7) is 3.33. The Morgan fingerprint density at radius 3 is 2.43 bits per heavy atom. The zero-order valence-corrected chi connectivity index (χ0v) is 13.4. The molecule has 0 aliphatic carbocycles. The van der Waals surface area contributed by atoms with Crippen LogP contribution in [0, 0.1) is 6.92 Å². The van der Waals surface area contributed by atoms with Gasteiger partial charge >= 0.3 is 0 Å². The lowest BCUT2D eigenvalue weighted by Gasteiger charge is -2.15. The minimum absolute atomic E-state index is 0.641. The summed E-state index contributed by atoms with van der Waals surface area (Å²) in [5.41, 5.74) is 2.79. The molecule has 4 heteroatoms. The Labute approximate surface area is 132 Å². The zero-order chi connectivity index (χ0) is 14.8. The predicted molar refractivity (Wildman–Crippen MR) is 85.0 cm³/mol. The van der Waals surface area contributed by atoms with E-state index in [4.69, 9.17) is 9.47 Å². The Morgan fingerprint density at radius 2 is 1.67 bits per heavy atom. The average Bonchev–Trinajstić information content (AvgIpc) is 2.73. The van der Waals surface area contributed by atoms with Gasteiger partial charge in [0, 0.05) is 10.9 Å². The highest BCUT2D eigenvalue weighted by molar-refractivity contribution is 9.10. The first-order valence-electron chi connectivity index (χ1n) is 6.99. The summed E-state index contributed by atoms with van der Waals surface area (Å²) < 4.78 is 12.3. The highest BCUT2D eigenvalue weighted by atomic mass is 79.9. The van der Waals surface area contributed by atoms with Crippen molar-refractivity contribution in [2.24, 2.45) is 0 Å². The molecule has 21 heavy (non-hydrogen) atoms. The molecule has 0 saturated carbocycles. The zero-order valence-electron chi connectivity index (χ0n) is 11.8. The number of aliphatic hydroxyl groups excluding tert-OH is 1. The van der Waals surface area contributed by atoms with Crippen LogP contribution in [0.3, 0.4) is 0 Å². The maximum absolute atomic E-state index is 10.6. The molecular formula is C17H17BrO3. The van der Waals surface area contributed by atoms with Crippen LogP contribution in [0.15, 0.2) is 40.9 Å². The Balaban J connectivity index is 1.92. The molecule has 0 bridgehead atoms. The van der Waals surface area contributed by atoms with E-state index in [0.717, 1.165) is 33.3 Å². The second-order valence-electron chi connectivity index (χ2n) is 5.17. The third kappa shape index (κ3) is 3.06. The van der Waals surface area contributed by atoms with Gasteiger partial charge < -0.3 is 14.6 Å². The van der Waals surface area contributed by atoms with Gasteiger partial charge in [-0.2, -0.15) is 0 Å². The van der Waals surface area contributed by atoms with Crippen LogP contribution >= 0.6 is 15.9 Å². The average molecular weight is 349 g/mol. The molecule has 0 saturated heterocycles. The number of halogens is 1. The van der Waals surface area contributed by atoms with Crippen molar-refractivity contribution >= 4 is 15.9 Å². The highest BCUT2D eigenvalue weighted by Crippen LogP contribution is 2.34. The van der Waals surface area contributed by atoms with Gasteiger partial charge in [0.2, 0.25) is 0 Å². The third-order valence-corrected chi connectivity index (χ3v) is 4.45. The van der Waals surface area contributed by atoms with E-state index in [1.807, 2.05) is 43.3 Å². The molecule has 3 rings (SSSR count). The van der Waals surface area contributed by atoms with Crippen molar-refractivity contribution in [3.05, 3.63) is 57.6 Å². The maximum atomic E-state index is 10.6. The minimum atomic E-state index is -0.681. The molecule has 2 aromatic carbocycles. The molecule has 0 fully saturated rings. The number of ether oxygens (including phenoxy) is 2. The van der Waals surface area contributed by atoms with E-state index >= 15 is 0 Å². The van der Waals surface area contributed by atoms with Crippen LogP contribution in [0.25, 0.3) is 0 Å². The smallest absolute Gasteiger partial charge is 0.161 e. The van der Waals surface area contributed by atoms with E-state index in [9.17, 15) is 5.11 Å². The van der Waals surface area contributed by atoms with E-state index < -0.39 is 6.10 Å². The predicted octanol–water partition coefficient (Wildman–Crippen LogP) is 4.00. The summed E-state index contributed by atoms with van der Waals surface area (Å²) in [4.78, 5) is 0. The summed E-state index contributed by atoms with van der Waals surface area (Å²) in [6, 6.07) is 11.5. The van der Waals surface area contributed by atoms with Crippen molar-refractivity contribution in [3.8, 4) is 11.5 Å². The van der Waals surface area contributed by atoms with Crippen molar-refractivity contribution in [2.45, 2.75) is 19.4 Å². The Morgan fingerprint density at radius 1 is 1.00 bits per heavy atom. The number of fused-ring (bicyclic) bond motifs is 1. The molecule has 0 spiro atoms. The number of benzene rings is 2. The van der Waals surface area contributed by atoms with Crippen LogP contribution in [-0.2, 0) is 0 Å². The van der Waals surface area contributed by atoms with Crippen LogP contribution in [0.4, 0.5) is 0 Å². The Bertz CT molecular complexity index is 654. The molecule has 0 aromatic heterocycles. The van der Waals surface area contributed by atoms with Crippen molar-refractivity contribution in [1.29, 1.82) is 0 Å². The molecule has 110 valence electrons. The van der Waals surface area contributed by atoms with E-state index in [0.29, 0.717) is 19.0 Å². The normalized spacial score (nSPS) is 15.4. The molecule has 1 heterocycles. The number of aliphatic hydroxyl groups is 1. The lowest BCUT2D eigenvalue weighted by atomic mass is 10.00. The van der Waals surface area contributed by atoms with Crippen molar-refractivity contribution in [3.63, 3.8) is 0 Å². The van der Waals surface area contributed by atoms with Crippen molar-refractivity contribution in [1.82, 2.24) is 0 Å². The van der Waals surface area contributed by atoms with E-state index in [1.165, 1.54) is 0 Å². The van der Waals surface area contributed by atoms with Crippen LogP contribution in [0.1, 0.15) is 29.2 Å². The fraction of sp³-hybridized carbons (Fsp3) is 0.294. The van der Waals surface area contributed by atoms with Gasteiger partial charge in [0.15, 0.2) is 11.5 Å². The minimum Gasteiger partial charge on any atom is -0.490 e. The maximum Gasteiger partial charge on any atom is 0.161 e. The van der Waals surface area contributed by atoms with Gasteiger partial charge in [-0.1, -0.05) is 34.1 Å². The van der Waals surface area contributed by atoms with E-state index in [1.54, 1.807) is 0 Å². The van der Waals surface area contributed by atoms with Crippen LogP contribution in [0.2, 0.25) is 0 Å². The van der Waals surface area contributed by atoms with E-state index in [-0.39, 0.29) is 0 Å². The quantitative estimate of drug-likeness (QED) is 0.891. The summed E-state index contributed by atoms with van der Waals surface area (Å²) in [7, 11) is 0. The molecule has 0 amide bonds. The molecule has 0 radical (unpaired) electrons. The van der Waals surface area contributed by atoms with Crippen LogP contribution < -0.4 is 9.47 Å². The fourth-order valence-corrected chi connectivity index (χ4v) is 2.72. The van der Waals surface area contributed by atoms with Gasteiger partial charge in [0.1, 0.15) is 6.10 Å². The second-order valence-corrected chi connectivity index (χ2v) is 6.02. The van der Waals surface area contributed by atoms with Crippen molar-refractivity contribution < 1.29 is 14.6 Å². The summed E-state index contributed by atoms with van der Waals surface area (Å²) in [5, 5.41) is 10.6. The highest BCUT2D eigenvalue weighted by Gasteiger charge is 2.16. The number of rotatable bonds is 2. The largest absolute Gasteiger partial charge is 0.490 e. The number of aryl methyl sites for hydroxylation is 1. The molecule has 1 atom stereocenters. The first-order chi connectivity index (χ1) is 10.1. The van der Waals surface area contributed by atoms with Crippen LogP contribution in [-0.4, -0.2) is 18.3 Å². The molecule has 1 N–H and O–H groups in total. The second kappa shape index (κ2) is 6.08. The molecular weight excluding hydrogens is 332 g/mol. The Hall–Kier alpha value is -1.52. The Kier molecular flexibility index (Phi) is 4.17. The first kappa shape index (κ1) is 14.4. The SMILES string of the molecule is Cc1ccc(C(O)c2ccc3c(c2)OCCCO3)cc1Br. The van der Waals surface area contributed by atoms with Crippen molar-refractivity contribution in [2.75, 3.05) is 13.2 Å². The van der Waals surface area contributed by atoms with Gasteiger partial charge in [0.25, 0.3) is 0 Å². The standard InChI is InChI=1S/C17H17BrO3/c1-11-3-4-12(9-14(11)18)17(19)13-5-6-15-16(10-13)21-8-2-7-20-15/h3-6,9-10,17,19H,2,7-8H2,1H3. The topological polar surface area (TPSA) is 38.7 Å². The number of hydrogen-bond acceptors (Lipinski definition) is 3. The lowest BCUT2D eigenvalue weighted by molar-refractivity contribution is 0.219. The third-order valence-electron chi connectivity index (χ3n) is 3.60. The summed E-state index contributed by atoms with van der Waals surface area (Å²) >= 11 is 3.50. The monoisotopic (exact) mass is 348 g/mol. The molecule has 1 aliphatic heterocycles. The fourth-order valence-electron chi connectivity index (χ4n) is 2.32. The molecule has 1 aliphatic rings. The van der Waals surface area contributed by atoms with E-state index in [2.05, 4.69) is 15.9 Å². The van der Waals surface area contributed by atoms with Gasteiger partial charge in [0.05, 0.1) is 13.2 Å². The van der Waals surface area contributed by atoms with Gasteiger partial charge in [-0.3, -0.25) is 0 Å². The van der Waals surface area contributed by atoms with Gasteiger partial charge in [-0.25, -0.2) is 0 Å².